The van der Waals surface area contributed by atoms with Gasteiger partial charge in [-0.1, -0.05) is 19.8 Å². The number of hydrogen-bond acceptors (Lipinski definition) is 3. The molecule has 1 aromatic rings. The molecule has 0 spiro atoms. The Kier molecular flexibility index (Phi) is 6.49. The molecular weight excluding hydrogens is 247 g/mol. The van der Waals surface area contributed by atoms with Gasteiger partial charge in [0, 0.05) is 6.42 Å². The molecule has 4 nitrogen and oxygen atoms in total. The fourth-order valence-electron chi connectivity index (χ4n) is 0.827. The molecule has 0 aliphatic carbocycles. The second kappa shape index (κ2) is 6.57. The number of tetrazole rings is 1. The van der Waals surface area contributed by atoms with Gasteiger partial charge >= 0.3 is 23.9 Å². The van der Waals surface area contributed by atoms with Crippen molar-refractivity contribution in [3.05, 3.63) is 5.82 Å². The van der Waals surface area contributed by atoms with Crippen molar-refractivity contribution in [2.75, 3.05) is 0 Å². The zero-order valence-electron chi connectivity index (χ0n) is 6.17. The van der Waals surface area contributed by atoms with Gasteiger partial charge in [-0.3, -0.25) is 0 Å². The van der Waals surface area contributed by atoms with Crippen LogP contribution in [0.4, 0.5) is 0 Å². The predicted molar refractivity (Wildman–Crippen MR) is 48.7 cm³/mol. The monoisotopic (exact) mass is 264 g/mol. The van der Waals surface area contributed by atoms with Gasteiger partial charge < -0.3 is 0 Å². The van der Waals surface area contributed by atoms with Crippen molar-refractivity contribution in [1.29, 1.82) is 0 Å². The molecule has 0 saturated heterocycles. The third-order valence-electron chi connectivity index (χ3n) is 1.41. The van der Waals surface area contributed by atoms with Gasteiger partial charge in [-0.2, -0.15) is 0 Å². The standard InChI is InChI=1S/C6H12N4.Sn.4H/c1-2-3-4-5-6-7-9-10-8-6;;;;;/h2-5H2,1H3,(H,7,8,9,10);;;;;. The first-order valence-corrected chi connectivity index (χ1v) is 3.66. The van der Waals surface area contributed by atoms with Crippen LogP contribution in [0.1, 0.15) is 32.0 Å². The number of H-pyrrole nitrogens is 1. The van der Waals surface area contributed by atoms with Crippen molar-refractivity contribution >= 4 is 23.9 Å². The predicted octanol–water partition coefficient (Wildman–Crippen LogP) is -0.519. The maximum absolute atomic E-state index is 3.77. The molecule has 0 amide bonds. The zero-order chi connectivity index (χ0) is 7.23. The fourth-order valence-corrected chi connectivity index (χ4v) is 0.827. The molecule has 0 aromatic carbocycles. The first-order chi connectivity index (χ1) is 4.93. The number of aromatic nitrogens is 4. The van der Waals surface area contributed by atoms with E-state index >= 15 is 0 Å². The van der Waals surface area contributed by atoms with Crippen LogP contribution >= 0.6 is 0 Å². The zero-order valence-corrected chi connectivity index (χ0v) is 6.17. The summed E-state index contributed by atoms with van der Waals surface area (Å²) in [6, 6.07) is 0. The minimum atomic E-state index is 0. The van der Waals surface area contributed by atoms with E-state index in [9.17, 15) is 0 Å². The van der Waals surface area contributed by atoms with Crippen molar-refractivity contribution < 1.29 is 0 Å². The van der Waals surface area contributed by atoms with E-state index in [2.05, 4.69) is 27.5 Å². The van der Waals surface area contributed by atoms with E-state index in [4.69, 9.17) is 0 Å². The average Bonchev–Trinajstić information content (AvgIpc) is 2.41. The molecule has 5 heteroatoms. The molecule has 0 unspecified atom stereocenters. The van der Waals surface area contributed by atoms with Crippen LogP contribution in [-0.2, 0) is 6.42 Å². The summed E-state index contributed by atoms with van der Waals surface area (Å²) < 4.78 is 0. The van der Waals surface area contributed by atoms with Gasteiger partial charge in [-0.05, 0) is 16.8 Å². The summed E-state index contributed by atoms with van der Waals surface area (Å²) in [6.45, 7) is 2.18. The quantitative estimate of drug-likeness (QED) is 0.587. The van der Waals surface area contributed by atoms with Crippen LogP contribution in [0.5, 0.6) is 0 Å². The molecular formula is C6H16N4Sn. The second-order valence-corrected chi connectivity index (χ2v) is 2.31. The maximum atomic E-state index is 3.77. The number of unbranched alkanes of at least 4 members (excludes halogenated alkanes) is 2. The topological polar surface area (TPSA) is 54.5 Å². The molecule has 1 heterocycles. The van der Waals surface area contributed by atoms with Crippen LogP contribution in [0.3, 0.4) is 0 Å². The Morgan fingerprint density at radius 1 is 1.36 bits per heavy atom. The Labute approximate surface area is 83.1 Å². The number of aromatic amines is 1. The second-order valence-electron chi connectivity index (χ2n) is 2.31. The summed E-state index contributed by atoms with van der Waals surface area (Å²) in [5.41, 5.74) is 0. The number of nitrogens with zero attached hydrogens (tertiary/aromatic N) is 3. The third kappa shape index (κ3) is 4.34. The van der Waals surface area contributed by atoms with Crippen molar-refractivity contribution in [3.8, 4) is 0 Å². The Hall–Kier alpha value is -0.131. The summed E-state index contributed by atoms with van der Waals surface area (Å²) in [6.07, 6.45) is 4.64. The molecule has 1 aromatic heterocycles. The molecule has 1 rings (SSSR count). The van der Waals surface area contributed by atoms with Crippen molar-refractivity contribution in [3.63, 3.8) is 0 Å². The summed E-state index contributed by atoms with van der Waals surface area (Å²) in [7, 11) is 0. The number of hydrogen-bond donors (Lipinski definition) is 1. The molecule has 0 atom stereocenters. The first-order valence-electron chi connectivity index (χ1n) is 3.66. The van der Waals surface area contributed by atoms with Crippen molar-refractivity contribution in [1.82, 2.24) is 20.6 Å². The van der Waals surface area contributed by atoms with E-state index in [-0.39, 0.29) is 23.9 Å². The molecule has 0 bridgehead atoms. The van der Waals surface area contributed by atoms with Gasteiger partial charge in [-0.15, -0.1) is 5.10 Å². The van der Waals surface area contributed by atoms with Crippen LogP contribution in [0.2, 0.25) is 0 Å². The van der Waals surface area contributed by atoms with E-state index in [1.165, 1.54) is 19.3 Å². The Morgan fingerprint density at radius 2 is 2.18 bits per heavy atom. The van der Waals surface area contributed by atoms with Crippen LogP contribution < -0.4 is 0 Å². The molecule has 1 N–H and O–H groups in total. The summed E-state index contributed by atoms with van der Waals surface area (Å²) in [5.74, 6) is 0.897. The first kappa shape index (κ1) is 10.9. The minimum absolute atomic E-state index is 0. The Morgan fingerprint density at radius 3 is 2.73 bits per heavy atom. The van der Waals surface area contributed by atoms with Gasteiger partial charge in [0.25, 0.3) is 0 Å². The van der Waals surface area contributed by atoms with E-state index in [1.54, 1.807) is 0 Å². The van der Waals surface area contributed by atoms with Crippen molar-refractivity contribution in [2.24, 2.45) is 0 Å². The molecule has 0 aliphatic rings. The van der Waals surface area contributed by atoms with Crippen LogP contribution in [0, 0.1) is 0 Å². The summed E-state index contributed by atoms with van der Waals surface area (Å²) >= 11 is 0. The molecule has 0 fully saturated rings. The Bertz CT molecular complexity index is 163. The van der Waals surface area contributed by atoms with Gasteiger partial charge in [-0.25, -0.2) is 5.10 Å². The number of rotatable bonds is 4. The Balaban J connectivity index is 0.000001000. The molecule has 64 valence electrons. The van der Waals surface area contributed by atoms with E-state index in [1.807, 2.05) is 0 Å². The van der Waals surface area contributed by atoms with Crippen LogP contribution in [0.15, 0.2) is 0 Å². The van der Waals surface area contributed by atoms with Crippen LogP contribution in [0.25, 0.3) is 0 Å². The number of nitrogens with one attached hydrogen (secondary N) is 1. The van der Waals surface area contributed by atoms with Gasteiger partial charge in [0.2, 0.25) is 0 Å². The van der Waals surface area contributed by atoms with Crippen molar-refractivity contribution in [2.45, 2.75) is 32.6 Å². The molecule has 11 heavy (non-hydrogen) atoms. The van der Waals surface area contributed by atoms with E-state index < -0.39 is 0 Å². The molecule has 0 saturated carbocycles. The fraction of sp³-hybridized carbons (Fsp3) is 0.833. The van der Waals surface area contributed by atoms with E-state index in [0.717, 1.165) is 12.2 Å². The molecule has 0 aliphatic heterocycles. The average molecular weight is 263 g/mol. The van der Waals surface area contributed by atoms with Gasteiger partial charge in [0.1, 0.15) is 5.82 Å². The summed E-state index contributed by atoms with van der Waals surface area (Å²) in [5, 5.41) is 13.5. The SMILES string of the molecule is CCCCCc1nnn[nH]1.[SnH4]. The van der Waals surface area contributed by atoms with E-state index in [0.29, 0.717) is 0 Å². The summed E-state index contributed by atoms with van der Waals surface area (Å²) in [4.78, 5) is 0. The third-order valence-corrected chi connectivity index (χ3v) is 1.41. The van der Waals surface area contributed by atoms with Gasteiger partial charge in [0.05, 0.1) is 0 Å². The number of aryl methyl sites for hydroxylation is 1. The van der Waals surface area contributed by atoms with Crippen LogP contribution in [-0.4, -0.2) is 44.5 Å². The normalized spacial score (nSPS) is 9.18. The van der Waals surface area contributed by atoms with Gasteiger partial charge in [0.15, 0.2) is 0 Å². The molecule has 0 radical (unpaired) electrons.